The minimum absolute atomic E-state index is 0.0205. The Hall–Kier alpha value is -1.12. The molecule has 0 spiro atoms. The van der Waals surface area contributed by atoms with E-state index >= 15 is 0 Å². The number of hydrogen-bond acceptors (Lipinski definition) is 3. The van der Waals surface area contributed by atoms with Gasteiger partial charge in [0.2, 0.25) is 0 Å². The van der Waals surface area contributed by atoms with Crippen LogP contribution in [0.1, 0.15) is 17.7 Å². The van der Waals surface area contributed by atoms with Gasteiger partial charge in [-0.05, 0) is 6.07 Å². The standard InChI is InChI=1S/C9H7BrF5NO2/c1-17-6-4(3-10)2-5(7(11)12)16-8(6)18-9(13,14)15/h2,7H,3H2,1H3. The number of rotatable bonds is 4. The third-order valence-electron chi connectivity index (χ3n) is 1.82. The van der Waals surface area contributed by atoms with Crippen molar-refractivity contribution in [1.29, 1.82) is 0 Å². The van der Waals surface area contributed by atoms with Gasteiger partial charge in [0.25, 0.3) is 12.3 Å². The Balaban J connectivity index is 3.31. The van der Waals surface area contributed by atoms with Gasteiger partial charge in [0.15, 0.2) is 5.75 Å². The maximum atomic E-state index is 12.5. The fourth-order valence-corrected chi connectivity index (χ4v) is 1.61. The molecular weight excluding hydrogens is 329 g/mol. The van der Waals surface area contributed by atoms with Crippen LogP contribution >= 0.6 is 15.9 Å². The number of pyridine rings is 1. The summed E-state index contributed by atoms with van der Waals surface area (Å²) in [5, 5.41) is 0.0205. The second-order valence-corrected chi connectivity index (χ2v) is 3.59. The Labute approximate surface area is 107 Å². The summed E-state index contributed by atoms with van der Waals surface area (Å²) in [6, 6.07) is 0.946. The number of aromatic nitrogens is 1. The molecule has 18 heavy (non-hydrogen) atoms. The quantitative estimate of drug-likeness (QED) is 0.619. The summed E-state index contributed by atoms with van der Waals surface area (Å²) in [7, 11) is 1.09. The predicted molar refractivity (Wildman–Crippen MR) is 55.1 cm³/mol. The number of hydrogen-bond donors (Lipinski definition) is 0. The number of alkyl halides is 6. The van der Waals surface area contributed by atoms with Crippen molar-refractivity contribution in [2.45, 2.75) is 18.1 Å². The molecule has 0 fully saturated rings. The lowest BCUT2D eigenvalue weighted by Gasteiger charge is -2.15. The largest absolute Gasteiger partial charge is 0.574 e. The maximum Gasteiger partial charge on any atom is 0.574 e. The van der Waals surface area contributed by atoms with Crippen molar-refractivity contribution in [3.05, 3.63) is 17.3 Å². The molecule has 0 radical (unpaired) electrons. The molecule has 1 heterocycles. The SMILES string of the molecule is COc1c(CBr)cc(C(F)F)nc1OC(F)(F)F. The Morgan fingerprint density at radius 1 is 1.39 bits per heavy atom. The van der Waals surface area contributed by atoms with Crippen molar-refractivity contribution in [2.24, 2.45) is 0 Å². The third-order valence-corrected chi connectivity index (χ3v) is 2.43. The van der Waals surface area contributed by atoms with E-state index in [0.717, 1.165) is 13.2 Å². The smallest absolute Gasteiger partial charge is 0.491 e. The number of nitrogens with zero attached hydrogens (tertiary/aromatic N) is 1. The van der Waals surface area contributed by atoms with Gasteiger partial charge in [-0.15, -0.1) is 13.2 Å². The normalized spacial score (nSPS) is 11.8. The molecule has 0 aliphatic rings. The molecule has 0 bridgehead atoms. The molecule has 0 amide bonds. The van der Waals surface area contributed by atoms with Crippen LogP contribution in [-0.2, 0) is 5.33 Å². The molecule has 3 nitrogen and oxygen atoms in total. The van der Waals surface area contributed by atoms with Crippen molar-refractivity contribution >= 4 is 15.9 Å². The van der Waals surface area contributed by atoms with Crippen molar-refractivity contribution in [3.8, 4) is 11.6 Å². The molecule has 102 valence electrons. The molecule has 1 aromatic heterocycles. The number of halogens is 6. The summed E-state index contributed by atoms with van der Waals surface area (Å²) in [6.45, 7) is 0. The van der Waals surface area contributed by atoms with E-state index in [1.165, 1.54) is 0 Å². The molecule has 0 saturated carbocycles. The Bertz CT molecular complexity index is 424. The lowest BCUT2D eigenvalue weighted by molar-refractivity contribution is -0.276. The first-order chi connectivity index (χ1) is 8.28. The van der Waals surface area contributed by atoms with E-state index < -0.39 is 24.4 Å². The van der Waals surface area contributed by atoms with Crippen LogP contribution in [0.5, 0.6) is 11.6 Å². The molecule has 1 aromatic rings. The van der Waals surface area contributed by atoms with Crippen LogP contribution < -0.4 is 9.47 Å². The Morgan fingerprint density at radius 2 is 2.00 bits per heavy atom. The highest BCUT2D eigenvalue weighted by Gasteiger charge is 2.34. The van der Waals surface area contributed by atoms with Crippen molar-refractivity contribution in [2.75, 3.05) is 7.11 Å². The highest BCUT2D eigenvalue weighted by atomic mass is 79.9. The zero-order valence-electron chi connectivity index (χ0n) is 8.89. The molecule has 0 unspecified atom stereocenters. The molecule has 9 heteroatoms. The van der Waals surface area contributed by atoms with Crippen LogP contribution in [0.4, 0.5) is 22.0 Å². The lowest BCUT2D eigenvalue weighted by atomic mass is 10.2. The molecular formula is C9H7BrF5NO2. The summed E-state index contributed by atoms with van der Waals surface area (Å²) in [5.74, 6) is -1.37. The van der Waals surface area contributed by atoms with Crippen LogP contribution in [0.3, 0.4) is 0 Å². The average Bonchev–Trinajstić information content (AvgIpc) is 2.25. The second-order valence-electron chi connectivity index (χ2n) is 3.03. The first kappa shape index (κ1) is 14.9. The number of methoxy groups -OCH3 is 1. The van der Waals surface area contributed by atoms with E-state index in [-0.39, 0.29) is 16.6 Å². The summed E-state index contributed by atoms with van der Waals surface area (Å²) in [5.41, 5.74) is -0.730. The van der Waals surface area contributed by atoms with Gasteiger partial charge in [0, 0.05) is 10.9 Å². The molecule has 0 aliphatic heterocycles. The van der Waals surface area contributed by atoms with Gasteiger partial charge in [-0.25, -0.2) is 13.8 Å². The van der Waals surface area contributed by atoms with Crippen LogP contribution in [0.2, 0.25) is 0 Å². The van der Waals surface area contributed by atoms with E-state index in [1.807, 2.05) is 0 Å². The average molecular weight is 336 g/mol. The van der Waals surface area contributed by atoms with Crippen molar-refractivity contribution in [1.82, 2.24) is 4.98 Å². The number of ether oxygens (including phenoxy) is 2. The molecule has 0 aromatic carbocycles. The first-order valence-electron chi connectivity index (χ1n) is 4.46. The molecule has 1 rings (SSSR count). The molecule has 0 saturated heterocycles. The van der Waals surface area contributed by atoms with Crippen LogP contribution in [-0.4, -0.2) is 18.5 Å². The third kappa shape index (κ3) is 3.69. The minimum atomic E-state index is -5.04. The fourth-order valence-electron chi connectivity index (χ4n) is 1.19. The highest BCUT2D eigenvalue weighted by Crippen LogP contribution is 2.36. The van der Waals surface area contributed by atoms with Gasteiger partial charge in [0.05, 0.1) is 7.11 Å². The predicted octanol–water partition coefficient (Wildman–Crippen LogP) is 3.82. The van der Waals surface area contributed by atoms with Crippen LogP contribution in [0.15, 0.2) is 6.07 Å². The summed E-state index contributed by atoms with van der Waals surface area (Å²) in [4.78, 5) is 3.10. The van der Waals surface area contributed by atoms with E-state index in [2.05, 4.69) is 30.4 Å². The van der Waals surface area contributed by atoms with Crippen molar-refractivity contribution in [3.63, 3.8) is 0 Å². The van der Waals surface area contributed by atoms with Gasteiger partial charge in [0.1, 0.15) is 5.69 Å². The summed E-state index contributed by atoms with van der Waals surface area (Å²) >= 11 is 2.96. The minimum Gasteiger partial charge on any atom is -0.491 e. The highest BCUT2D eigenvalue weighted by molar-refractivity contribution is 9.08. The van der Waals surface area contributed by atoms with Gasteiger partial charge in [-0.2, -0.15) is 0 Å². The van der Waals surface area contributed by atoms with Gasteiger partial charge in [-0.3, -0.25) is 0 Å². The monoisotopic (exact) mass is 335 g/mol. The first-order valence-corrected chi connectivity index (χ1v) is 5.58. The second kappa shape index (κ2) is 5.68. The van der Waals surface area contributed by atoms with E-state index in [9.17, 15) is 22.0 Å². The summed E-state index contributed by atoms with van der Waals surface area (Å²) < 4.78 is 69.5. The van der Waals surface area contributed by atoms with E-state index in [1.54, 1.807) is 0 Å². The van der Waals surface area contributed by atoms with E-state index in [0.29, 0.717) is 0 Å². The van der Waals surface area contributed by atoms with Crippen LogP contribution in [0.25, 0.3) is 0 Å². The van der Waals surface area contributed by atoms with Gasteiger partial charge in [-0.1, -0.05) is 15.9 Å². The maximum absolute atomic E-state index is 12.5. The zero-order chi connectivity index (χ0) is 13.9. The molecule has 0 atom stereocenters. The Kier molecular flexibility index (Phi) is 4.71. The lowest BCUT2D eigenvalue weighted by Crippen LogP contribution is -2.19. The zero-order valence-corrected chi connectivity index (χ0v) is 10.5. The summed E-state index contributed by atoms with van der Waals surface area (Å²) in [6.07, 6.45) is -8.05. The van der Waals surface area contributed by atoms with Crippen molar-refractivity contribution < 1.29 is 31.4 Å². The molecule has 0 N–H and O–H groups in total. The Morgan fingerprint density at radius 3 is 2.39 bits per heavy atom. The molecule has 0 aliphatic carbocycles. The topological polar surface area (TPSA) is 31.4 Å². The van der Waals surface area contributed by atoms with E-state index in [4.69, 9.17) is 0 Å². The fraction of sp³-hybridized carbons (Fsp3) is 0.444. The van der Waals surface area contributed by atoms with Gasteiger partial charge >= 0.3 is 6.36 Å². The van der Waals surface area contributed by atoms with Gasteiger partial charge < -0.3 is 9.47 Å². The van der Waals surface area contributed by atoms with Crippen LogP contribution in [0, 0.1) is 0 Å².